The van der Waals surface area contributed by atoms with Crippen LogP contribution in [0, 0.1) is 0 Å². The van der Waals surface area contributed by atoms with Gasteiger partial charge < -0.3 is 5.32 Å². The second-order valence-corrected chi connectivity index (χ2v) is 7.35. The molecule has 0 saturated heterocycles. The first-order valence-electron chi connectivity index (χ1n) is 6.83. The van der Waals surface area contributed by atoms with Crippen molar-refractivity contribution in [1.82, 2.24) is 5.32 Å². The SMILES string of the molecule is CSC1CCCC1NC1CSCc2ccccc21. The minimum absolute atomic E-state index is 0.567. The van der Waals surface area contributed by atoms with E-state index in [2.05, 4.69) is 47.6 Å². The van der Waals surface area contributed by atoms with Crippen molar-refractivity contribution in [3.8, 4) is 0 Å². The van der Waals surface area contributed by atoms with Gasteiger partial charge in [0, 0.05) is 28.8 Å². The lowest BCUT2D eigenvalue weighted by molar-refractivity contribution is 0.468. The highest BCUT2D eigenvalue weighted by molar-refractivity contribution is 7.99. The number of hydrogen-bond acceptors (Lipinski definition) is 3. The Morgan fingerprint density at radius 1 is 1.28 bits per heavy atom. The van der Waals surface area contributed by atoms with Crippen LogP contribution in [0.2, 0.25) is 0 Å². The van der Waals surface area contributed by atoms with Gasteiger partial charge in [0.25, 0.3) is 0 Å². The van der Waals surface area contributed by atoms with Gasteiger partial charge in [0.15, 0.2) is 0 Å². The molecule has 1 nitrogen and oxygen atoms in total. The Labute approximate surface area is 119 Å². The largest absolute Gasteiger partial charge is 0.305 e. The summed E-state index contributed by atoms with van der Waals surface area (Å²) >= 11 is 4.11. The fourth-order valence-electron chi connectivity index (χ4n) is 3.18. The number of nitrogens with one attached hydrogen (secondary N) is 1. The average molecular weight is 279 g/mol. The summed E-state index contributed by atoms with van der Waals surface area (Å²) in [6, 6.07) is 10.2. The minimum atomic E-state index is 0.567. The number of thioether (sulfide) groups is 2. The highest BCUT2D eigenvalue weighted by atomic mass is 32.2. The lowest BCUT2D eigenvalue weighted by Gasteiger charge is -2.30. The van der Waals surface area contributed by atoms with Crippen molar-refractivity contribution < 1.29 is 0 Å². The lowest BCUT2D eigenvalue weighted by Crippen LogP contribution is -2.39. The molecular weight excluding hydrogens is 258 g/mol. The Morgan fingerprint density at radius 2 is 2.17 bits per heavy atom. The molecule has 0 aromatic heterocycles. The summed E-state index contributed by atoms with van der Waals surface area (Å²) in [4.78, 5) is 0. The first kappa shape index (κ1) is 12.9. The van der Waals surface area contributed by atoms with Crippen LogP contribution in [0.4, 0.5) is 0 Å². The molecule has 0 amide bonds. The van der Waals surface area contributed by atoms with Gasteiger partial charge in [0.05, 0.1) is 0 Å². The number of hydrogen-bond donors (Lipinski definition) is 1. The maximum Gasteiger partial charge on any atom is 0.0417 e. The minimum Gasteiger partial charge on any atom is -0.305 e. The molecule has 18 heavy (non-hydrogen) atoms. The maximum absolute atomic E-state index is 3.93. The Bertz CT molecular complexity index is 407. The average Bonchev–Trinajstić information content (AvgIpc) is 2.86. The summed E-state index contributed by atoms with van der Waals surface area (Å²) in [5, 5.41) is 4.76. The van der Waals surface area contributed by atoms with Crippen LogP contribution >= 0.6 is 23.5 Å². The molecule has 1 aromatic rings. The quantitative estimate of drug-likeness (QED) is 0.902. The third kappa shape index (κ3) is 2.59. The zero-order valence-electron chi connectivity index (χ0n) is 10.9. The van der Waals surface area contributed by atoms with E-state index in [1.54, 1.807) is 5.56 Å². The predicted molar refractivity (Wildman–Crippen MR) is 83.4 cm³/mol. The van der Waals surface area contributed by atoms with E-state index in [0.29, 0.717) is 6.04 Å². The molecule has 3 atom stereocenters. The second kappa shape index (κ2) is 5.89. The van der Waals surface area contributed by atoms with E-state index in [4.69, 9.17) is 0 Å². The van der Waals surface area contributed by atoms with Gasteiger partial charge in [-0.05, 0) is 30.2 Å². The van der Waals surface area contributed by atoms with Gasteiger partial charge in [0.1, 0.15) is 0 Å². The van der Waals surface area contributed by atoms with E-state index < -0.39 is 0 Å². The molecule has 3 unspecified atom stereocenters. The zero-order valence-corrected chi connectivity index (χ0v) is 12.5. The highest BCUT2D eigenvalue weighted by Gasteiger charge is 2.30. The third-order valence-corrected chi connectivity index (χ3v) is 6.40. The van der Waals surface area contributed by atoms with Gasteiger partial charge >= 0.3 is 0 Å². The molecule has 0 bridgehead atoms. The van der Waals surface area contributed by atoms with Crippen LogP contribution in [0.5, 0.6) is 0 Å². The van der Waals surface area contributed by atoms with Crippen LogP contribution in [0.25, 0.3) is 0 Å². The molecular formula is C15H21NS2. The fourth-order valence-corrected chi connectivity index (χ4v) is 5.23. The van der Waals surface area contributed by atoms with E-state index in [9.17, 15) is 0 Å². The maximum atomic E-state index is 3.93. The standard InChI is InChI=1S/C15H21NS2/c1-17-15-8-4-7-13(15)16-14-10-18-9-11-5-2-3-6-12(11)14/h2-3,5-6,13-16H,4,7-10H2,1H3. The van der Waals surface area contributed by atoms with E-state index in [1.165, 1.54) is 36.3 Å². The first-order chi connectivity index (χ1) is 8.88. The zero-order chi connectivity index (χ0) is 12.4. The molecule has 1 aromatic carbocycles. The topological polar surface area (TPSA) is 12.0 Å². The summed E-state index contributed by atoms with van der Waals surface area (Å²) in [7, 11) is 0. The van der Waals surface area contributed by atoms with Gasteiger partial charge in [0.2, 0.25) is 0 Å². The summed E-state index contributed by atoms with van der Waals surface area (Å²) in [5.41, 5.74) is 3.08. The molecule has 1 aliphatic heterocycles. The van der Waals surface area contributed by atoms with Gasteiger partial charge in [-0.3, -0.25) is 0 Å². The molecule has 2 aliphatic rings. The second-order valence-electron chi connectivity index (χ2n) is 5.24. The van der Waals surface area contributed by atoms with Gasteiger partial charge in [-0.25, -0.2) is 0 Å². The molecule has 0 spiro atoms. The highest BCUT2D eigenvalue weighted by Crippen LogP contribution is 2.35. The predicted octanol–water partition coefficient (Wildman–Crippen LogP) is 3.85. The summed E-state index contributed by atoms with van der Waals surface area (Å²) in [6.07, 6.45) is 6.40. The van der Waals surface area contributed by atoms with Crippen LogP contribution in [0.1, 0.15) is 36.4 Å². The molecule has 1 N–H and O–H groups in total. The van der Waals surface area contributed by atoms with Crippen molar-refractivity contribution in [2.45, 2.75) is 42.3 Å². The number of rotatable bonds is 3. The van der Waals surface area contributed by atoms with Crippen molar-refractivity contribution in [2.24, 2.45) is 0 Å². The van der Waals surface area contributed by atoms with Crippen molar-refractivity contribution in [3.63, 3.8) is 0 Å². The smallest absolute Gasteiger partial charge is 0.0417 e. The Balaban J connectivity index is 1.74. The number of benzene rings is 1. The molecule has 1 saturated carbocycles. The van der Waals surface area contributed by atoms with Gasteiger partial charge in [-0.1, -0.05) is 30.7 Å². The molecule has 1 heterocycles. The molecule has 1 aliphatic carbocycles. The van der Waals surface area contributed by atoms with Crippen molar-refractivity contribution in [1.29, 1.82) is 0 Å². The van der Waals surface area contributed by atoms with Gasteiger partial charge in [-0.2, -0.15) is 23.5 Å². The Morgan fingerprint density at radius 3 is 3.06 bits per heavy atom. The van der Waals surface area contributed by atoms with E-state index in [1.807, 2.05) is 11.8 Å². The van der Waals surface area contributed by atoms with Crippen LogP contribution in [-0.4, -0.2) is 23.3 Å². The fraction of sp³-hybridized carbons (Fsp3) is 0.600. The summed E-state index contributed by atoms with van der Waals surface area (Å²) in [5.74, 6) is 2.42. The third-order valence-electron chi connectivity index (χ3n) is 4.14. The normalized spacial score (nSPS) is 31.3. The number of fused-ring (bicyclic) bond motifs is 1. The molecule has 1 fully saturated rings. The molecule has 98 valence electrons. The van der Waals surface area contributed by atoms with Crippen molar-refractivity contribution >= 4 is 23.5 Å². The van der Waals surface area contributed by atoms with E-state index in [0.717, 1.165) is 11.3 Å². The van der Waals surface area contributed by atoms with Crippen molar-refractivity contribution in [2.75, 3.05) is 12.0 Å². The van der Waals surface area contributed by atoms with Crippen LogP contribution in [-0.2, 0) is 5.75 Å². The summed E-state index contributed by atoms with van der Waals surface area (Å²) in [6.45, 7) is 0. The molecule has 3 heteroatoms. The summed E-state index contributed by atoms with van der Waals surface area (Å²) < 4.78 is 0. The van der Waals surface area contributed by atoms with Crippen LogP contribution < -0.4 is 5.32 Å². The van der Waals surface area contributed by atoms with Crippen LogP contribution in [0.15, 0.2) is 24.3 Å². The van der Waals surface area contributed by atoms with Crippen LogP contribution in [0.3, 0.4) is 0 Å². The molecule has 3 rings (SSSR count). The Kier molecular flexibility index (Phi) is 4.22. The monoisotopic (exact) mass is 279 g/mol. The van der Waals surface area contributed by atoms with Crippen molar-refractivity contribution in [3.05, 3.63) is 35.4 Å². The Hall–Kier alpha value is -0.120. The molecule has 0 radical (unpaired) electrons. The first-order valence-corrected chi connectivity index (χ1v) is 9.27. The van der Waals surface area contributed by atoms with Gasteiger partial charge in [-0.15, -0.1) is 0 Å². The van der Waals surface area contributed by atoms with E-state index in [-0.39, 0.29) is 0 Å². The van der Waals surface area contributed by atoms with E-state index >= 15 is 0 Å². The lowest BCUT2D eigenvalue weighted by atomic mass is 10.0.